The third-order valence-corrected chi connectivity index (χ3v) is 4.79. The summed E-state index contributed by atoms with van der Waals surface area (Å²) in [6, 6.07) is 16.1. The van der Waals surface area contributed by atoms with E-state index < -0.39 is 0 Å². The van der Waals surface area contributed by atoms with Crippen molar-refractivity contribution >= 4 is 17.6 Å². The molecule has 4 heteroatoms. The van der Waals surface area contributed by atoms with Gasteiger partial charge in [-0.05, 0) is 71.5 Å². The average molecular weight is 359 g/mol. The van der Waals surface area contributed by atoms with Crippen LogP contribution >= 0.6 is 0 Å². The minimum Gasteiger partial charge on any atom is -0.465 e. The van der Waals surface area contributed by atoms with Gasteiger partial charge in [-0.3, -0.25) is 4.98 Å². The Kier molecular flexibility index (Phi) is 4.55. The summed E-state index contributed by atoms with van der Waals surface area (Å²) in [5, 5.41) is 0. The van der Waals surface area contributed by atoms with Gasteiger partial charge in [0, 0.05) is 17.5 Å². The smallest absolute Gasteiger partial charge is 0.337 e. The summed E-state index contributed by atoms with van der Waals surface area (Å²) in [4.78, 5) is 16.4. The number of carbonyl (C=O) groups excluding carboxylic acids is 1. The molecule has 2 aromatic carbocycles. The van der Waals surface area contributed by atoms with Crippen LogP contribution in [0.4, 0.5) is 4.39 Å². The lowest BCUT2D eigenvalue weighted by Crippen LogP contribution is -2.01. The molecular weight excluding hydrogens is 341 g/mol. The van der Waals surface area contributed by atoms with E-state index in [4.69, 9.17) is 4.74 Å². The van der Waals surface area contributed by atoms with Gasteiger partial charge in [-0.2, -0.15) is 0 Å². The summed E-state index contributed by atoms with van der Waals surface area (Å²) < 4.78 is 18.6. The molecule has 0 saturated carbocycles. The molecule has 0 aliphatic heterocycles. The van der Waals surface area contributed by atoms with E-state index in [1.807, 2.05) is 36.4 Å². The van der Waals surface area contributed by atoms with Crippen LogP contribution in [0.25, 0.3) is 11.6 Å². The number of hydrogen-bond donors (Lipinski definition) is 0. The van der Waals surface area contributed by atoms with Crippen molar-refractivity contribution in [2.45, 2.75) is 12.8 Å². The molecule has 134 valence electrons. The second-order valence-corrected chi connectivity index (χ2v) is 6.47. The first-order valence-electron chi connectivity index (χ1n) is 8.79. The predicted octanol–water partition coefficient (Wildman–Crippen LogP) is 4.69. The summed E-state index contributed by atoms with van der Waals surface area (Å²) in [5.74, 6) is -0.611. The zero-order chi connectivity index (χ0) is 18.8. The molecule has 1 aliphatic carbocycles. The van der Waals surface area contributed by atoms with Gasteiger partial charge in [0.05, 0.1) is 12.7 Å². The molecule has 0 radical (unpaired) electrons. The van der Waals surface area contributed by atoms with Crippen molar-refractivity contribution in [2.24, 2.45) is 0 Å². The first-order valence-corrected chi connectivity index (χ1v) is 8.79. The molecule has 1 heterocycles. The second kappa shape index (κ2) is 7.16. The van der Waals surface area contributed by atoms with Crippen LogP contribution in [-0.2, 0) is 17.6 Å². The first kappa shape index (κ1) is 17.2. The Balaban J connectivity index is 1.91. The standard InChI is InChI=1S/C23H18FNO2/c1-27-23(26)17-5-2-4-15(12-17)13-21-19-9-8-18(24)14-16(19)7-10-22-20(21)6-3-11-25-22/h2-6,8-9,11-14H,7,10H2,1H3/b21-13+. The number of aromatic nitrogens is 1. The minimum absolute atomic E-state index is 0.236. The van der Waals surface area contributed by atoms with E-state index >= 15 is 0 Å². The number of esters is 1. The number of aryl methyl sites for hydroxylation is 2. The maximum absolute atomic E-state index is 13.8. The van der Waals surface area contributed by atoms with Crippen molar-refractivity contribution in [1.29, 1.82) is 0 Å². The lowest BCUT2D eigenvalue weighted by molar-refractivity contribution is 0.0600. The molecule has 1 aliphatic rings. The van der Waals surface area contributed by atoms with Crippen molar-refractivity contribution in [2.75, 3.05) is 7.11 Å². The van der Waals surface area contributed by atoms with Crippen molar-refractivity contribution in [1.82, 2.24) is 4.98 Å². The maximum atomic E-state index is 13.8. The Morgan fingerprint density at radius 2 is 1.96 bits per heavy atom. The molecule has 0 N–H and O–H groups in total. The zero-order valence-electron chi connectivity index (χ0n) is 14.9. The van der Waals surface area contributed by atoms with Gasteiger partial charge in [-0.15, -0.1) is 0 Å². The normalized spacial score (nSPS) is 14.2. The van der Waals surface area contributed by atoms with Gasteiger partial charge in [0.25, 0.3) is 0 Å². The molecule has 1 aromatic heterocycles. The van der Waals surface area contributed by atoms with Crippen LogP contribution in [0.3, 0.4) is 0 Å². The molecule has 0 spiro atoms. The van der Waals surface area contributed by atoms with E-state index in [0.717, 1.165) is 46.4 Å². The number of pyridine rings is 1. The number of hydrogen-bond acceptors (Lipinski definition) is 3. The highest BCUT2D eigenvalue weighted by Crippen LogP contribution is 2.34. The third-order valence-electron chi connectivity index (χ3n) is 4.79. The summed E-state index contributed by atoms with van der Waals surface area (Å²) >= 11 is 0. The lowest BCUT2D eigenvalue weighted by Gasteiger charge is -2.12. The van der Waals surface area contributed by atoms with Gasteiger partial charge in [0.15, 0.2) is 0 Å². The fraction of sp³-hybridized carbons (Fsp3) is 0.130. The summed E-state index contributed by atoms with van der Waals surface area (Å²) in [6.45, 7) is 0. The van der Waals surface area contributed by atoms with E-state index in [1.165, 1.54) is 13.2 Å². The van der Waals surface area contributed by atoms with E-state index in [2.05, 4.69) is 4.98 Å². The topological polar surface area (TPSA) is 39.2 Å². The fourth-order valence-electron chi connectivity index (χ4n) is 3.51. The summed E-state index contributed by atoms with van der Waals surface area (Å²) in [7, 11) is 1.37. The molecule has 0 atom stereocenters. The SMILES string of the molecule is COC(=O)c1cccc(/C=C2\c3ccc(F)cc3CCc3ncccc32)c1. The number of nitrogens with zero attached hydrogens (tertiary/aromatic N) is 1. The van der Waals surface area contributed by atoms with Gasteiger partial charge in [0.1, 0.15) is 5.82 Å². The number of halogens is 1. The Morgan fingerprint density at radius 3 is 2.81 bits per heavy atom. The molecule has 3 aromatic rings. The Labute approximate surface area is 157 Å². The van der Waals surface area contributed by atoms with Gasteiger partial charge in [0.2, 0.25) is 0 Å². The van der Waals surface area contributed by atoms with E-state index in [9.17, 15) is 9.18 Å². The van der Waals surface area contributed by atoms with Crippen LogP contribution in [-0.4, -0.2) is 18.1 Å². The van der Waals surface area contributed by atoms with Gasteiger partial charge < -0.3 is 4.74 Å². The third kappa shape index (κ3) is 3.38. The van der Waals surface area contributed by atoms with Crippen LogP contribution in [0.1, 0.15) is 38.3 Å². The maximum Gasteiger partial charge on any atom is 0.337 e. The Morgan fingerprint density at radius 1 is 1.07 bits per heavy atom. The monoisotopic (exact) mass is 359 g/mol. The molecule has 0 fully saturated rings. The minimum atomic E-state index is -0.374. The molecule has 27 heavy (non-hydrogen) atoms. The summed E-state index contributed by atoms with van der Waals surface area (Å²) in [5.41, 5.74) is 6.32. The Bertz CT molecular complexity index is 1060. The van der Waals surface area contributed by atoms with Crippen LogP contribution < -0.4 is 0 Å². The number of rotatable bonds is 2. The molecule has 3 nitrogen and oxygen atoms in total. The van der Waals surface area contributed by atoms with Crippen molar-refractivity contribution in [3.05, 3.63) is 100 Å². The Hall–Kier alpha value is -3.27. The van der Waals surface area contributed by atoms with Gasteiger partial charge in [-0.25, -0.2) is 9.18 Å². The van der Waals surface area contributed by atoms with Crippen molar-refractivity contribution in [3.63, 3.8) is 0 Å². The molecule has 0 unspecified atom stereocenters. The number of carbonyl (C=O) groups is 1. The average Bonchev–Trinajstić information content (AvgIpc) is 2.85. The lowest BCUT2D eigenvalue weighted by atomic mass is 9.93. The number of benzene rings is 2. The predicted molar refractivity (Wildman–Crippen MR) is 103 cm³/mol. The van der Waals surface area contributed by atoms with E-state index in [0.29, 0.717) is 5.56 Å². The van der Waals surface area contributed by atoms with Crippen molar-refractivity contribution < 1.29 is 13.9 Å². The quantitative estimate of drug-likeness (QED) is 0.623. The highest BCUT2D eigenvalue weighted by Gasteiger charge is 2.19. The van der Waals surface area contributed by atoms with Gasteiger partial charge >= 0.3 is 5.97 Å². The highest BCUT2D eigenvalue weighted by atomic mass is 19.1. The second-order valence-electron chi connectivity index (χ2n) is 6.47. The fourth-order valence-corrected chi connectivity index (χ4v) is 3.51. The van der Waals surface area contributed by atoms with Gasteiger partial charge in [-0.1, -0.05) is 24.3 Å². The largest absolute Gasteiger partial charge is 0.465 e. The highest BCUT2D eigenvalue weighted by molar-refractivity contribution is 5.95. The number of ether oxygens (including phenoxy) is 1. The van der Waals surface area contributed by atoms with E-state index in [-0.39, 0.29) is 11.8 Å². The van der Waals surface area contributed by atoms with Crippen LogP contribution in [0, 0.1) is 5.82 Å². The number of methoxy groups -OCH3 is 1. The van der Waals surface area contributed by atoms with E-state index in [1.54, 1.807) is 24.4 Å². The first-order chi connectivity index (χ1) is 13.2. The molecule has 4 rings (SSSR count). The van der Waals surface area contributed by atoms with Crippen LogP contribution in [0.15, 0.2) is 60.8 Å². The molecule has 0 saturated heterocycles. The van der Waals surface area contributed by atoms with Crippen molar-refractivity contribution in [3.8, 4) is 0 Å². The summed E-state index contributed by atoms with van der Waals surface area (Å²) in [6.07, 6.45) is 5.29. The number of fused-ring (bicyclic) bond motifs is 2. The molecular formula is C23H18FNO2. The molecule has 0 amide bonds. The zero-order valence-corrected chi connectivity index (χ0v) is 14.9. The molecule has 0 bridgehead atoms. The van der Waals surface area contributed by atoms with Crippen LogP contribution in [0.2, 0.25) is 0 Å². The van der Waals surface area contributed by atoms with Crippen LogP contribution in [0.5, 0.6) is 0 Å².